The fourth-order valence-electron chi connectivity index (χ4n) is 1.65. The zero-order valence-corrected chi connectivity index (χ0v) is 11.7. The van der Waals surface area contributed by atoms with Gasteiger partial charge in [-0.2, -0.15) is 0 Å². The molecule has 0 saturated heterocycles. The van der Waals surface area contributed by atoms with Gasteiger partial charge in [0.1, 0.15) is 25.0 Å². The van der Waals surface area contributed by atoms with Crippen molar-refractivity contribution >= 4 is 11.6 Å². The van der Waals surface area contributed by atoms with E-state index in [0.29, 0.717) is 22.7 Å². The molecule has 1 unspecified atom stereocenters. The van der Waals surface area contributed by atoms with Crippen LogP contribution in [0.1, 0.15) is 5.56 Å². The van der Waals surface area contributed by atoms with Gasteiger partial charge in [-0.1, -0.05) is 11.6 Å². The van der Waals surface area contributed by atoms with Crippen LogP contribution in [0.3, 0.4) is 0 Å². The molecule has 3 nitrogen and oxygen atoms in total. The lowest BCUT2D eigenvalue weighted by Crippen LogP contribution is -2.43. The van der Waals surface area contributed by atoms with Gasteiger partial charge in [-0.3, -0.25) is 0 Å². The van der Waals surface area contributed by atoms with Gasteiger partial charge in [0.25, 0.3) is 0 Å². The maximum absolute atomic E-state index is 9.82. The topological polar surface area (TPSA) is 29.5 Å². The average molecular weight is 259 g/mol. The molecule has 0 aliphatic rings. The molecule has 1 aromatic rings. The second-order valence-corrected chi connectivity index (χ2v) is 5.78. The summed E-state index contributed by atoms with van der Waals surface area (Å²) in [6, 6.07) is 5.47. The molecule has 0 aromatic heterocycles. The van der Waals surface area contributed by atoms with Crippen LogP contribution < -0.4 is 4.74 Å². The fourth-order valence-corrected chi connectivity index (χ4v) is 1.87. The minimum absolute atomic E-state index is 0.304. The van der Waals surface area contributed by atoms with E-state index in [2.05, 4.69) is 0 Å². The minimum atomic E-state index is -0.468. The SMILES string of the molecule is Cc1cc(Cl)ccc1OCC(O)C[N+](C)(C)C. The Balaban J connectivity index is 2.50. The highest BCUT2D eigenvalue weighted by Crippen LogP contribution is 2.21. The van der Waals surface area contributed by atoms with E-state index in [1.165, 1.54) is 0 Å². The predicted molar refractivity (Wildman–Crippen MR) is 70.6 cm³/mol. The van der Waals surface area contributed by atoms with Crippen molar-refractivity contribution in [3.63, 3.8) is 0 Å². The molecule has 0 radical (unpaired) electrons. The van der Waals surface area contributed by atoms with Crippen molar-refractivity contribution in [1.82, 2.24) is 0 Å². The summed E-state index contributed by atoms with van der Waals surface area (Å²) in [5.74, 6) is 0.773. The van der Waals surface area contributed by atoms with Crippen LogP contribution in [0.15, 0.2) is 18.2 Å². The van der Waals surface area contributed by atoms with Crippen molar-refractivity contribution in [3.8, 4) is 5.75 Å². The third-order valence-electron chi connectivity index (χ3n) is 2.33. The summed E-state index contributed by atoms with van der Waals surface area (Å²) in [6.07, 6.45) is -0.468. The predicted octanol–water partition coefficient (Wildman–Crippen LogP) is 2.09. The normalized spacial score (nSPS) is 13.5. The number of halogens is 1. The van der Waals surface area contributed by atoms with Crippen LogP contribution in [0.2, 0.25) is 5.02 Å². The Labute approximate surface area is 108 Å². The van der Waals surface area contributed by atoms with Gasteiger partial charge in [0.15, 0.2) is 0 Å². The third kappa shape index (κ3) is 5.39. The van der Waals surface area contributed by atoms with Crippen molar-refractivity contribution in [3.05, 3.63) is 28.8 Å². The van der Waals surface area contributed by atoms with Gasteiger partial charge in [0, 0.05) is 5.02 Å². The average Bonchev–Trinajstić information content (AvgIpc) is 2.13. The van der Waals surface area contributed by atoms with Gasteiger partial charge in [0.05, 0.1) is 21.1 Å². The molecule has 0 heterocycles. The summed E-state index contributed by atoms with van der Waals surface area (Å²) >= 11 is 5.86. The minimum Gasteiger partial charge on any atom is -0.490 e. The molecular formula is C13H21ClNO2+. The lowest BCUT2D eigenvalue weighted by atomic mass is 10.2. The summed E-state index contributed by atoms with van der Waals surface area (Å²) in [6.45, 7) is 2.90. The first-order valence-electron chi connectivity index (χ1n) is 5.65. The van der Waals surface area contributed by atoms with Crippen LogP contribution in [0.4, 0.5) is 0 Å². The number of benzene rings is 1. The van der Waals surface area contributed by atoms with Crippen molar-refractivity contribution in [1.29, 1.82) is 0 Å². The monoisotopic (exact) mass is 258 g/mol. The Morgan fingerprint density at radius 1 is 1.35 bits per heavy atom. The molecule has 1 N–H and O–H groups in total. The van der Waals surface area contributed by atoms with Crippen LogP contribution in [0, 0.1) is 6.92 Å². The van der Waals surface area contributed by atoms with Crippen LogP contribution >= 0.6 is 11.6 Å². The number of quaternary nitrogens is 1. The molecular weight excluding hydrogens is 238 g/mol. The van der Waals surface area contributed by atoms with Crippen LogP contribution in [0.5, 0.6) is 5.75 Å². The zero-order chi connectivity index (χ0) is 13.1. The summed E-state index contributed by atoms with van der Waals surface area (Å²) in [4.78, 5) is 0. The Kier molecular flexibility index (Phi) is 4.80. The van der Waals surface area contributed by atoms with E-state index in [9.17, 15) is 5.11 Å². The second kappa shape index (κ2) is 5.71. The lowest BCUT2D eigenvalue weighted by Gasteiger charge is -2.26. The molecule has 0 amide bonds. The van der Waals surface area contributed by atoms with Crippen molar-refractivity contribution < 1.29 is 14.3 Å². The van der Waals surface area contributed by atoms with E-state index < -0.39 is 6.10 Å². The van der Waals surface area contributed by atoms with Gasteiger partial charge < -0.3 is 14.3 Å². The van der Waals surface area contributed by atoms with Crippen LogP contribution in [0.25, 0.3) is 0 Å². The molecule has 1 atom stereocenters. The van der Waals surface area contributed by atoms with E-state index in [4.69, 9.17) is 16.3 Å². The molecule has 0 aliphatic carbocycles. The van der Waals surface area contributed by atoms with Gasteiger partial charge in [0.2, 0.25) is 0 Å². The van der Waals surface area contributed by atoms with Crippen molar-refractivity contribution in [2.24, 2.45) is 0 Å². The number of ether oxygens (including phenoxy) is 1. The first kappa shape index (κ1) is 14.3. The first-order valence-corrected chi connectivity index (χ1v) is 6.03. The Morgan fingerprint density at radius 2 is 2.00 bits per heavy atom. The maximum Gasteiger partial charge on any atom is 0.137 e. The zero-order valence-electron chi connectivity index (χ0n) is 10.9. The highest BCUT2D eigenvalue weighted by atomic mass is 35.5. The molecule has 1 aromatic carbocycles. The Bertz CT molecular complexity index is 374. The number of aryl methyl sites for hydroxylation is 1. The molecule has 96 valence electrons. The molecule has 4 heteroatoms. The lowest BCUT2D eigenvalue weighted by molar-refractivity contribution is -0.873. The van der Waals surface area contributed by atoms with Crippen LogP contribution in [-0.4, -0.2) is 50.0 Å². The Hall–Kier alpha value is -0.770. The van der Waals surface area contributed by atoms with Gasteiger partial charge in [-0.25, -0.2) is 0 Å². The molecule has 1 rings (SSSR count). The number of hydrogen-bond acceptors (Lipinski definition) is 2. The standard InChI is InChI=1S/C13H21ClNO2/c1-10-7-11(14)5-6-13(10)17-9-12(16)8-15(2,3)4/h5-7,12,16H,8-9H2,1-4H3/q+1. The Morgan fingerprint density at radius 3 is 2.53 bits per heavy atom. The number of rotatable bonds is 5. The van der Waals surface area contributed by atoms with E-state index in [1.807, 2.05) is 40.2 Å². The fraction of sp³-hybridized carbons (Fsp3) is 0.538. The first-order chi connectivity index (χ1) is 7.78. The molecule has 17 heavy (non-hydrogen) atoms. The van der Waals surface area contributed by atoms with Crippen molar-refractivity contribution in [2.75, 3.05) is 34.3 Å². The van der Waals surface area contributed by atoms with Crippen molar-refractivity contribution in [2.45, 2.75) is 13.0 Å². The smallest absolute Gasteiger partial charge is 0.137 e. The highest BCUT2D eigenvalue weighted by molar-refractivity contribution is 6.30. The summed E-state index contributed by atoms with van der Waals surface area (Å²) in [5, 5.41) is 10.5. The van der Waals surface area contributed by atoms with E-state index in [1.54, 1.807) is 6.07 Å². The number of likely N-dealkylation sites (N-methyl/N-ethyl adjacent to an activating group) is 1. The van der Waals surface area contributed by atoms with E-state index in [0.717, 1.165) is 11.3 Å². The maximum atomic E-state index is 9.82. The largest absolute Gasteiger partial charge is 0.490 e. The molecule has 0 aliphatic heterocycles. The number of nitrogens with zero attached hydrogens (tertiary/aromatic N) is 1. The third-order valence-corrected chi connectivity index (χ3v) is 2.56. The van der Waals surface area contributed by atoms with Gasteiger partial charge in [-0.05, 0) is 30.7 Å². The molecule has 0 bridgehead atoms. The summed E-state index contributed by atoms with van der Waals surface area (Å²) in [5.41, 5.74) is 0.981. The van der Waals surface area contributed by atoms with Gasteiger partial charge >= 0.3 is 0 Å². The quantitative estimate of drug-likeness (QED) is 0.820. The molecule has 0 fully saturated rings. The molecule has 0 saturated carbocycles. The van der Waals surface area contributed by atoms with Crippen LogP contribution in [-0.2, 0) is 0 Å². The highest BCUT2D eigenvalue weighted by Gasteiger charge is 2.16. The second-order valence-electron chi connectivity index (χ2n) is 5.35. The molecule has 0 spiro atoms. The van der Waals surface area contributed by atoms with E-state index in [-0.39, 0.29) is 0 Å². The number of hydrogen-bond donors (Lipinski definition) is 1. The summed E-state index contributed by atoms with van der Waals surface area (Å²) < 4.78 is 6.29. The number of aliphatic hydroxyl groups excluding tert-OH is 1. The van der Waals surface area contributed by atoms with E-state index >= 15 is 0 Å². The summed E-state index contributed by atoms with van der Waals surface area (Å²) in [7, 11) is 6.12. The number of aliphatic hydroxyl groups is 1. The van der Waals surface area contributed by atoms with Gasteiger partial charge in [-0.15, -0.1) is 0 Å².